The molecule has 0 amide bonds. The molecule has 0 unspecified atom stereocenters. The molecule has 1 aromatic carbocycles. The van der Waals surface area contributed by atoms with Gasteiger partial charge in [0.2, 0.25) is 0 Å². The SMILES string of the molecule is CCCOC(=O)c1cc(C(=O)O)cc(S(=O)(=O)O)c1. The normalized spacial score (nSPS) is 11.1. The van der Waals surface area contributed by atoms with Crippen LogP contribution in [0.25, 0.3) is 0 Å². The van der Waals surface area contributed by atoms with Gasteiger partial charge in [-0.15, -0.1) is 0 Å². The van der Waals surface area contributed by atoms with Gasteiger partial charge >= 0.3 is 11.9 Å². The minimum Gasteiger partial charge on any atom is -0.478 e. The molecule has 7 nitrogen and oxygen atoms in total. The maximum atomic E-state index is 11.6. The van der Waals surface area contributed by atoms with Crippen molar-refractivity contribution < 1.29 is 32.4 Å². The van der Waals surface area contributed by atoms with Crippen LogP contribution < -0.4 is 0 Å². The largest absolute Gasteiger partial charge is 0.478 e. The van der Waals surface area contributed by atoms with Crippen LogP contribution in [0.4, 0.5) is 0 Å². The smallest absolute Gasteiger partial charge is 0.338 e. The first-order valence-electron chi connectivity index (χ1n) is 5.28. The lowest BCUT2D eigenvalue weighted by Gasteiger charge is -2.06. The summed E-state index contributed by atoms with van der Waals surface area (Å²) in [6, 6.07) is 2.60. The topological polar surface area (TPSA) is 118 Å². The zero-order valence-electron chi connectivity index (χ0n) is 9.99. The molecule has 0 aliphatic heterocycles. The summed E-state index contributed by atoms with van der Waals surface area (Å²) in [5.41, 5.74) is -0.681. The number of rotatable bonds is 5. The first-order valence-corrected chi connectivity index (χ1v) is 6.72. The molecule has 2 N–H and O–H groups in total. The molecule has 104 valence electrons. The van der Waals surface area contributed by atoms with Gasteiger partial charge < -0.3 is 9.84 Å². The van der Waals surface area contributed by atoms with E-state index in [9.17, 15) is 18.0 Å². The number of benzene rings is 1. The van der Waals surface area contributed by atoms with Crippen molar-refractivity contribution in [2.75, 3.05) is 6.61 Å². The minimum atomic E-state index is -4.61. The highest BCUT2D eigenvalue weighted by Crippen LogP contribution is 2.16. The van der Waals surface area contributed by atoms with Crippen molar-refractivity contribution in [3.05, 3.63) is 29.3 Å². The zero-order chi connectivity index (χ0) is 14.6. The molecule has 0 aliphatic carbocycles. The summed E-state index contributed by atoms with van der Waals surface area (Å²) < 4.78 is 35.7. The second-order valence-corrected chi connectivity index (χ2v) is 5.08. The summed E-state index contributed by atoms with van der Waals surface area (Å²) in [5.74, 6) is -2.27. The quantitative estimate of drug-likeness (QED) is 0.617. The molecule has 0 aromatic heterocycles. The van der Waals surface area contributed by atoms with Crippen molar-refractivity contribution in [1.82, 2.24) is 0 Å². The molecular formula is C11H12O7S. The lowest BCUT2D eigenvalue weighted by Crippen LogP contribution is -2.10. The molecule has 0 atom stereocenters. The molecule has 8 heteroatoms. The van der Waals surface area contributed by atoms with Crippen molar-refractivity contribution in [2.45, 2.75) is 18.2 Å². The molecule has 19 heavy (non-hydrogen) atoms. The monoisotopic (exact) mass is 288 g/mol. The van der Waals surface area contributed by atoms with Crippen LogP contribution in [0.2, 0.25) is 0 Å². The van der Waals surface area contributed by atoms with Crippen LogP contribution in [0.3, 0.4) is 0 Å². The Morgan fingerprint density at radius 3 is 2.26 bits per heavy atom. The second kappa shape index (κ2) is 5.81. The predicted octanol–water partition coefficient (Wildman–Crippen LogP) is 1.20. The lowest BCUT2D eigenvalue weighted by atomic mass is 10.1. The van der Waals surface area contributed by atoms with E-state index in [2.05, 4.69) is 0 Å². The van der Waals surface area contributed by atoms with Gasteiger partial charge in [0, 0.05) is 0 Å². The zero-order valence-corrected chi connectivity index (χ0v) is 10.8. The number of hydrogen-bond acceptors (Lipinski definition) is 5. The van der Waals surface area contributed by atoms with Crippen LogP contribution in [-0.2, 0) is 14.9 Å². The van der Waals surface area contributed by atoms with E-state index in [4.69, 9.17) is 14.4 Å². The molecule has 0 saturated heterocycles. The fourth-order valence-corrected chi connectivity index (χ4v) is 1.82. The number of carbonyl (C=O) groups excluding carboxylic acids is 1. The standard InChI is InChI=1S/C11H12O7S/c1-2-3-18-11(14)8-4-7(10(12)13)5-9(6-8)19(15,16)17/h4-6H,2-3H2,1H3,(H,12,13)(H,15,16,17). The van der Waals surface area contributed by atoms with E-state index < -0.39 is 32.5 Å². The average molecular weight is 288 g/mol. The van der Waals surface area contributed by atoms with Gasteiger partial charge in [-0.05, 0) is 24.6 Å². The van der Waals surface area contributed by atoms with Gasteiger partial charge in [0.15, 0.2) is 0 Å². The van der Waals surface area contributed by atoms with Crippen LogP contribution >= 0.6 is 0 Å². The van der Waals surface area contributed by atoms with E-state index in [1.807, 2.05) is 0 Å². The molecular weight excluding hydrogens is 276 g/mol. The van der Waals surface area contributed by atoms with E-state index in [1.54, 1.807) is 6.92 Å². The van der Waals surface area contributed by atoms with Gasteiger partial charge in [0.1, 0.15) is 0 Å². The Kier molecular flexibility index (Phi) is 4.62. The Bertz CT molecular complexity index is 603. The number of carboxylic acid groups (broad SMARTS) is 1. The third-order valence-corrected chi connectivity index (χ3v) is 2.96. The van der Waals surface area contributed by atoms with Crippen molar-refractivity contribution >= 4 is 22.1 Å². The first kappa shape index (κ1) is 15.1. The van der Waals surface area contributed by atoms with Crippen LogP contribution in [0.15, 0.2) is 23.1 Å². The maximum Gasteiger partial charge on any atom is 0.338 e. The van der Waals surface area contributed by atoms with E-state index >= 15 is 0 Å². The third-order valence-electron chi connectivity index (χ3n) is 2.12. The van der Waals surface area contributed by atoms with Crippen LogP contribution in [-0.4, -0.2) is 36.6 Å². The fourth-order valence-electron chi connectivity index (χ4n) is 1.27. The van der Waals surface area contributed by atoms with Crippen molar-refractivity contribution in [3.63, 3.8) is 0 Å². The Labute approximate surface area is 109 Å². The number of carbonyl (C=O) groups is 2. The number of carboxylic acids is 1. The highest BCUT2D eigenvalue weighted by Gasteiger charge is 2.18. The molecule has 0 bridgehead atoms. The number of ether oxygens (including phenoxy) is 1. The molecule has 0 heterocycles. The molecule has 0 radical (unpaired) electrons. The summed E-state index contributed by atoms with van der Waals surface area (Å²) in [5, 5.41) is 8.83. The summed E-state index contributed by atoms with van der Waals surface area (Å²) >= 11 is 0. The first-order chi connectivity index (χ1) is 8.75. The third kappa shape index (κ3) is 4.04. The minimum absolute atomic E-state index is 0.122. The molecule has 0 saturated carbocycles. The van der Waals surface area contributed by atoms with Crippen LogP contribution in [0.5, 0.6) is 0 Å². The summed E-state index contributed by atoms with van der Waals surface area (Å²) in [7, 11) is -4.61. The van der Waals surface area contributed by atoms with Crippen molar-refractivity contribution in [1.29, 1.82) is 0 Å². The predicted molar refractivity (Wildman–Crippen MR) is 63.8 cm³/mol. The van der Waals surface area contributed by atoms with E-state index in [0.717, 1.165) is 18.2 Å². The molecule has 0 spiro atoms. The summed E-state index contributed by atoms with van der Waals surface area (Å²) in [6.45, 7) is 1.89. The number of esters is 1. The Balaban J connectivity index is 3.29. The highest BCUT2D eigenvalue weighted by molar-refractivity contribution is 7.85. The van der Waals surface area contributed by atoms with Gasteiger partial charge in [-0.3, -0.25) is 4.55 Å². The molecule has 0 aliphatic rings. The second-order valence-electron chi connectivity index (χ2n) is 3.66. The highest BCUT2D eigenvalue weighted by atomic mass is 32.2. The Morgan fingerprint density at radius 1 is 1.21 bits per heavy atom. The summed E-state index contributed by atoms with van der Waals surface area (Å²) in [4.78, 5) is 21.7. The van der Waals surface area contributed by atoms with Gasteiger partial charge in [0.05, 0.1) is 22.6 Å². The fraction of sp³-hybridized carbons (Fsp3) is 0.273. The van der Waals surface area contributed by atoms with Gasteiger partial charge in [0.25, 0.3) is 10.1 Å². The van der Waals surface area contributed by atoms with Gasteiger partial charge in [-0.1, -0.05) is 6.92 Å². The van der Waals surface area contributed by atoms with Crippen LogP contribution in [0, 0.1) is 0 Å². The number of hydrogen-bond donors (Lipinski definition) is 2. The lowest BCUT2D eigenvalue weighted by molar-refractivity contribution is 0.0505. The molecule has 1 rings (SSSR count). The van der Waals surface area contributed by atoms with E-state index in [-0.39, 0.29) is 12.2 Å². The summed E-state index contributed by atoms with van der Waals surface area (Å²) in [6.07, 6.45) is 0.565. The van der Waals surface area contributed by atoms with Gasteiger partial charge in [-0.25, -0.2) is 9.59 Å². The van der Waals surface area contributed by atoms with E-state index in [1.165, 1.54) is 0 Å². The van der Waals surface area contributed by atoms with Crippen LogP contribution in [0.1, 0.15) is 34.1 Å². The Hall–Kier alpha value is -1.93. The van der Waals surface area contributed by atoms with Crippen molar-refractivity contribution in [2.24, 2.45) is 0 Å². The number of aromatic carboxylic acids is 1. The molecule has 0 fully saturated rings. The van der Waals surface area contributed by atoms with Crippen molar-refractivity contribution in [3.8, 4) is 0 Å². The molecule has 1 aromatic rings. The Morgan fingerprint density at radius 2 is 1.79 bits per heavy atom. The average Bonchev–Trinajstić information content (AvgIpc) is 2.34. The van der Waals surface area contributed by atoms with Gasteiger partial charge in [-0.2, -0.15) is 8.42 Å². The van der Waals surface area contributed by atoms with E-state index in [0.29, 0.717) is 6.42 Å². The maximum absolute atomic E-state index is 11.6.